The monoisotopic (exact) mass is 209 g/mol. The summed E-state index contributed by atoms with van der Waals surface area (Å²) in [6, 6.07) is 6.20. The van der Waals surface area contributed by atoms with Gasteiger partial charge in [-0.25, -0.2) is 4.39 Å². The zero-order valence-electron chi connectivity index (χ0n) is 8.92. The molecule has 0 aliphatic heterocycles. The Morgan fingerprint density at radius 2 is 2.07 bits per heavy atom. The number of anilines is 1. The van der Waals surface area contributed by atoms with Crippen molar-refractivity contribution < 1.29 is 9.18 Å². The van der Waals surface area contributed by atoms with Gasteiger partial charge < -0.3 is 5.32 Å². The molecule has 0 atom stereocenters. The molecule has 2 nitrogen and oxygen atoms in total. The number of hydrogen-bond donors (Lipinski definition) is 1. The molecule has 0 bridgehead atoms. The van der Waals surface area contributed by atoms with E-state index >= 15 is 0 Å². The molecule has 0 spiro atoms. The average molecular weight is 209 g/mol. The number of hydrogen-bond acceptors (Lipinski definition) is 1. The maximum atomic E-state index is 13.1. The topological polar surface area (TPSA) is 29.1 Å². The number of carbonyl (C=O) groups is 1. The van der Waals surface area contributed by atoms with Gasteiger partial charge >= 0.3 is 0 Å². The minimum atomic E-state index is -0.388. The van der Waals surface area contributed by atoms with E-state index in [-0.39, 0.29) is 17.4 Å². The fourth-order valence-corrected chi connectivity index (χ4v) is 1.31. The van der Waals surface area contributed by atoms with Gasteiger partial charge in [0.25, 0.3) is 0 Å². The molecule has 1 amide bonds. The molecule has 0 fully saturated rings. The van der Waals surface area contributed by atoms with Crippen molar-refractivity contribution in [2.24, 2.45) is 0 Å². The Bertz CT molecular complexity index is 325. The molecule has 0 aliphatic carbocycles. The number of nitrogens with one attached hydrogen (secondary N) is 1. The van der Waals surface area contributed by atoms with Crippen LogP contribution in [0.3, 0.4) is 0 Å². The molecule has 0 radical (unpaired) electrons. The largest absolute Gasteiger partial charge is 0.324 e. The van der Waals surface area contributed by atoms with Crippen molar-refractivity contribution in [3.63, 3.8) is 0 Å². The van der Waals surface area contributed by atoms with E-state index < -0.39 is 0 Å². The lowest BCUT2D eigenvalue weighted by molar-refractivity contribution is -0.116. The number of benzene rings is 1. The number of para-hydroxylation sites is 1. The van der Waals surface area contributed by atoms with E-state index in [9.17, 15) is 9.18 Å². The highest BCUT2D eigenvalue weighted by molar-refractivity contribution is 5.90. The molecule has 0 heterocycles. The van der Waals surface area contributed by atoms with Crippen molar-refractivity contribution >= 4 is 11.6 Å². The summed E-state index contributed by atoms with van der Waals surface area (Å²) in [5.41, 5.74) is 0.263. The summed E-state index contributed by atoms with van der Waals surface area (Å²) in [6.07, 6.45) is 3.43. The van der Waals surface area contributed by atoms with E-state index in [4.69, 9.17) is 0 Å². The molecule has 1 N–H and O–H groups in total. The van der Waals surface area contributed by atoms with Gasteiger partial charge in [-0.3, -0.25) is 4.79 Å². The molecule has 0 saturated heterocycles. The molecule has 0 unspecified atom stereocenters. The first-order valence-corrected chi connectivity index (χ1v) is 5.28. The average Bonchev–Trinajstić information content (AvgIpc) is 2.22. The Labute approximate surface area is 89.5 Å². The van der Waals surface area contributed by atoms with Crippen molar-refractivity contribution in [3.8, 4) is 0 Å². The van der Waals surface area contributed by atoms with E-state index in [0.29, 0.717) is 6.42 Å². The van der Waals surface area contributed by atoms with Crippen LogP contribution in [0.4, 0.5) is 10.1 Å². The molecular weight excluding hydrogens is 193 g/mol. The van der Waals surface area contributed by atoms with Crippen LogP contribution in [-0.4, -0.2) is 5.91 Å². The second-order valence-corrected chi connectivity index (χ2v) is 3.49. The third kappa shape index (κ3) is 4.11. The van der Waals surface area contributed by atoms with Crippen LogP contribution < -0.4 is 5.32 Å². The highest BCUT2D eigenvalue weighted by Gasteiger charge is 2.05. The fraction of sp³-hybridized carbons (Fsp3) is 0.417. The number of amides is 1. The predicted molar refractivity (Wildman–Crippen MR) is 59.2 cm³/mol. The van der Waals surface area contributed by atoms with Crippen LogP contribution in [0.2, 0.25) is 0 Å². The quantitative estimate of drug-likeness (QED) is 0.740. The van der Waals surface area contributed by atoms with Crippen molar-refractivity contribution in [3.05, 3.63) is 30.1 Å². The zero-order valence-corrected chi connectivity index (χ0v) is 8.92. The maximum Gasteiger partial charge on any atom is 0.224 e. The first-order valence-electron chi connectivity index (χ1n) is 5.28. The van der Waals surface area contributed by atoms with E-state index in [1.165, 1.54) is 6.07 Å². The first kappa shape index (κ1) is 11.7. The normalized spacial score (nSPS) is 10.0. The summed E-state index contributed by atoms with van der Waals surface area (Å²) in [6.45, 7) is 2.08. The van der Waals surface area contributed by atoms with Crippen LogP contribution in [0.5, 0.6) is 0 Å². The Hall–Kier alpha value is -1.38. The maximum absolute atomic E-state index is 13.1. The van der Waals surface area contributed by atoms with E-state index in [1.54, 1.807) is 18.2 Å². The van der Waals surface area contributed by atoms with Crippen LogP contribution in [0.25, 0.3) is 0 Å². The molecule has 1 aromatic carbocycles. The van der Waals surface area contributed by atoms with Crippen molar-refractivity contribution in [1.82, 2.24) is 0 Å². The lowest BCUT2D eigenvalue weighted by Crippen LogP contribution is -2.12. The number of unbranched alkanes of at least 4 members (excludes halogenated alkanes) is 2. The Morgan fingerprint density at radius 1 is 1.33 bits per heavy atom. The molecule has 15 heavy (non-hydrogen) atoms. The number of rotatable bonds is 5. The highest BCUT2D eigenvalue weighted by Crippen LogP contribution is 2.13. The molecule has 1 aromatic rings. The van der Waals surface area contributed by atoms with Crippen LogP contribution in [0, 0.1) is 5.82 Å². The Kier molecular flexibility index (Phi) is 4.81. The fourth-order valence-electron chi connectivity index (χ4n) is 1.31. The highest BCUT2D eigenvalue weighted by atomic mass is 19.1. The standard InChI is InChI=1S/C12H16FNO/c1-2-3-4-9-12(15)14-11-8-6-5-7-10(11)13/h5-8H,2-4,9H2,1H3,(H,14,15). The molecule has 0 saturated carbocycles. The van der Waals surface area contributed by atoms with Crippen molar-refractivity contribution in [2.45, 2.75) is 32.6 Å². The van der Waals surface area contributed by atoms with Gasteiger partial charge in [0.15, 0.2) is 0 Å². The summed E-state index contributed by atoms with van der Waals surface area (Å²) in [5.74, 6) is -0.505. The van der Waals surface area contributed by atoms with Crippen LogP contribution in [0.15, 0.2) is 24.3 Å². The van der Waals surface area contributed by atoms with Crippen molar-refractivity contribution in [1.29, 1.82) is 0 Å². The van der Waals surface area contributed by atoms with Gasteiger partial charge in [0.2, 0.25) is 5.91 Å². The van der Waals surface area contributed by atoms with E-state index in [1.807, 2.05) is 0 Å². The Morgan fingerprint density at radius 3 is 2.73 bits per heavy atom. The van der Waals surface area contributed by atoms with E-state index in [2.05, 4.69) is 12.2 Å². The molecule has 3 heteroatoms. The van der Waals surface area contributed by atoms with Gasteiger partial charge in [-0.05, 0) is 18.6 Å². The molecule has 82 valence electrons. The van der Waals surface area contributed by atoms with Gasteiger partial charge in [-0.1, -0.05) is 31.9 Å². The predicted octanol–water partition coefficient (Wildman–Crippen LogP) is 3.34. The zero-order chi connectivity index (χ0) is 11.1. The minimum absolute atomic E-state index is 0.117. The van der Waals surface area contributed by atoms with Gasteiger partial charge in [-0.2, -0.15) is 0 Å². The molecule has 0 aliphatic rings. The third-order valence-corrected chi connectivity index (χ3v) is 2.16. The summed E-state index contributed by atoms with van der Waals surface area (Å²) in [4.78, 5) is 11.4. The summed E-state index contributed by atoms with van der Waals surface area (Å²) >= 11 is 0. The van der Waals surface area contributed by atoms with Crippen molar-refractivity contribution in [2.75, 3.05) is 5.32 Å². The third-order valence-electron chi connectivity index (χ3n) is 2.16. The van der Waals surface area contributed by atoms with Gasteiger partial charge in [-0.15, -0.1) is 0 Å². The second-order valence-electron chi connectivity index (χ2n) is 3.49. The summed E-state index contributed by atoms with van der Waals surface area (Å²) in [7, 11) is 0. The number of carbonyl (C=O) groups excluding carboxylic acids is 1. The van der Waals surface area contributed by atoms with E-state index in [0.717, 1.165) is 19.3 Å². The van der Waals surface area contributed by atoms with Gasteiger partial charge in [0.05, 0.1) is 5.69 Å². The van der Waals surface area contributed by atoms with Crippen LogP contribution >= 0.6 is 0 Å². The lowest BCUT2D eigenvalue weighted by Gasteiger charge is -2.05. The SMILES string of the molecule is CCCCCC(=O)Nc1ccccc1F. The summed E-state index contributed by atoms with van der Waals surface area (Å²) in [5, 5.41) is 2.56. The van der Waals surface area contributed by atoms with Gasteiger partial charge in [0, 0.05) is 6.42 Å². The number of halogens is 1. The molecule has 1 rings (SSSR count). The molecule has 0 aromatic heterocycles. The second kappa shape index (κ2) is 6.17. The molecular formula is C12H16FNO. The van der Waals surface area contributed by atoms with Crippen LogP contribution in [-0.2, 0) is 4.79 Å². The Balaban J connectivity index is 2.41. The smallest absolute Gasteiger partial charge is 0.224 e. The summed E-state index contributed by atoms with van der Waals surface area (Å²) < 4.78 is 13.1. The minimum Gasteiger partial charge on any atom is -0.324 e. The first-order chi connectivity index (χ1) is 7.24. The lowest BCUT2D eigenvalue weighted by atomic mass is 10.2. The van der Waals surface area contributed by atoms with Gasteiger partial charge in [0.1, 0.15) is 5.82 Å². The van der Waals surface area contributed by atoms with Crippen LogP contribution in [0.1, 0.15) is 32.6 Å².